The van der Waals surface area contributed by atoms with Crippen LogP contribution in [0.2, 0.25) is 5.02 Å². The van der Waals surface area contributed by atoms with Crippen LogP contribution in [0.15, 0.2) is 97.3 Å². The number of ether oxygens (including phenoxy) is 4. The molecule has 1 aromatic heterocycles. The van der Waals surface area contributed by atoms with Crippen molar-refractivity contribution in [2.75, 3.05) is 44.8 Å². The van der Waals surface area contributed by atoms with Crippen LogP contribution in [0.25, 0.3) is 11.1 Å². The van der Waals surface area contributed by atoms with Crippen molar-refractivity contribution in [2.45, 2.75) is 38.6 Å². The van der Waals surface area contributed by atoms with E-state index in [1.54, 1.807) is 60.8 Å². The summed E-state index contributed by atoms with van der Waals surface area (Å²) in [5.41, 5.74) is 4.52. The third-order valence-corrected chi connectivity index (χ3v) is 10.6. The highest BCUT2D eigenvalue weighted by Gasteiger charge is 2.45. The molecule has 3 heterocycles. The molecule has 62 heavy (non-hydrogen) atoms. The largest absolute Gasteiger partial charge is 0.489 e. The fourth-order valence-corrected chi connectivity index (χ4v) is 7.33. The molecule has 7 rings (SSSR count). The van der Waals surface area contributed by atoms with E-state index in [-0.39, 0.29) is 43.0 Å². The number of anilines is 1. The van der Waals surface area contributed by atoms with Crippen LogP contribution in [0.4, 0.5) is 10.1 Å². The molecule has 0 bridgehead atoms. The van der Waals surface area contributed by atoms with Crippen LogP contribution >= 0.6 is 11.6 Å². The third kappa shape index (κ3) is 10.4. The Morgan fingerprint density at radius 1 is 0.823 bits per heavy atom. The van der Waals surface area contributed by atoms with Gasteiger partial charge < -0.3 is 29.6 Å². The van der Waals surface area contributed by atoms with Crippen molar-refractivity contribution < 1.29 is 42.5 Å². The van der Waals surface area contributed by atoms with E-state index >= 15 is 0 Å². The zero-order valence-electron chi connectivity index (χ0n) is 33.5. The Kier molecular flexibility index (Phi) is 14.5. The van der Waals surface area contributed by atoms with Crippen LogP contribution in [0.3, 0.4) is 0 Å². The minimum absolute atomic E-state index is 0.0474. The molecule has 318 valence electrons. The van der Waals surface area contributed by atoms with Gasteiger partial charge in [0.2, 0.25) is 11.8 Å². The summed E-state index contributed by atoms with van der Waals surface area (Å²) < 4.78 is 38.4. The minimum atomic E-state index is -1.04. The summed E-state index contributed by atoms with van der Waals surface area (Å²) in [4.78, 5) is 55.4. The first-order valence-corrected chi connectivity index (χ1v) is 20.3. The molecular formula is C46H42ClFN6O8. The summed E-state index contributed by atoms with van der Waals surface area (Å²) in [6.45, 7) is 3.03. The SMILES string of the molecule is N#Cc1cncc(COc2cc(OCc3cccc(-c4ccccc4F)c3Cl)ccc2CNCCOCCOCCNc2cccc3c2C(=O)N(C2CCC(=O)NC2=O)C3=O)c1. The Bertz CT molecular complexity index is 2510. The lowest BCUT2D eigenvalue weighted by molar-refractivity contribution is -0.136. The average Bonchev–Trinajstić information content (AvgIpc) is 3.53. The van der Waals surface area contributed by atoms with Crippen LogP contribution in [0.1, 0.15) is 55.8 Å². The molecule has 1 atom stereocenters. The summed E-state index contributed by atoms with van der Waals surface area (Å²) in [6, 6.07) is 25.0. The van der Waals surface area contributed by atoms with Crippen molar-refractivity contribution in [3.8, 4) is 28.7 Å². The maximum atomic E-state index is 14.6. The van der Waals surface area contributed by atoms with E-state index in [1.165, 1.54) is 12.3 Å². The van der Waals surface area contributed by atoms with Crippen molar-refractivity contribution in [1.29, 1.82) is 5.26 Å². The highest BCUT2D eigenvalue weighted by atomic mass is 35.5. The maximum Gasteiger partial charge on any atom is 0.264 e. The molecule has 2 aliphatic rings. The fourth-order valence-electron chi connectivity index (χ4n) is 7.04. The number of nitrogens with one attached hydrogen (secondary N) is 3. The number of hydrogen-bond acceptors (Lipinski definition) is 12. The molecular weight excluding hydrogens is 819 g/mol. The second kappa shape index (κ2) is 20.7. The number of hydrogen-bond donors (Lipinski definition) is 3. The van der Waals surface area contributed by atoms with Gasteiger partial charge in [-0.1, -0.05) is 60.1 Å². The summed E-state index contributed by atoms with van der Waals surface area (Å²) in [5.74, 6) is -1.50. The summed E-state index contributed by atoms with van der Waals surface area (Å²) >= 11 is 6.72. The number of nitrogens with zero attached hydrogens (tertiary/aromatic N) is 3. The normalized spacial score (nSPS) is 14.7. The smallest absolute Gasteiger partial charge is 0.264 e. The number of piperidine rings is 1. The van der Waals surface area contributed by atoms with Crippen LogP contribution in [-0.4, -0.2) is 79.1 Å². The Labute approximate surface area is 361 Å². The number of amides is 4. The number of carbonyl (C=O) groups excluding carboxylic acids is 4. The number of imide groups is 2. The number of halogens is 2. The maximum absolute atomic E-state index is 14.6. The summed E-state index contributed by atoms with van der Waals surface area (Å²) in [6.07, 6.45) is 3.26. The standard InChI is InChI=1S/C46H42ClFN6O8/c47-43-32(5-3-7-35(43)34-6-1-2-9-37(34)48)28-61-33-12-11-31(40(22-33)62-27-30-21-29(23-49)24-51-25-30)26-50-15-17-59-19-20-60-18-16-52-38-10-4-8-36-42(38)46(58)54(45(36)57)39-13-14-41(55)53-44(39)56/h1-12,21-22,24-25,39,50,52H,13-20,26-28H2,(H,53,55,56). The molecule has 14 nitrogen and oxygen atoms in total. The highest BCUT2D eigenvalue weighted by molar-refractivity contribution is 6.34. The third-order valence-electron chi connectivity index (χ3n) is 10.1. The van der Waals surface area contributed by atoms with E-state index in [0.717, 1.165) is 16.0 Å². The first kappa shape index (κ1) is 43.4. The predicted molar refractivity (Wildman–Crippen MR) is 226 cm³/mol. The van der Waals surface area contributed by atoms with Gasteiger partial charge in [-0.25, -0.2) is 4.39 Å². The molecule has 1 unspecified atom stereocenters. The van der Waals surface area contributed by atoms with Gasteiger partial charge in [0, 0.05) is 78.0 Å². The van der Waals surface area contributed by atoms with Crippen LogP contribution in [0, 0.1) is 17.1 Å². The van der Waals surface area contributed by atoms with E-state index in [2.05, 4.69) is 27.0 Å². The number of fused-ring (bicyclic) bond motifs is 1. The molecule has 4 aromatic carbocycles. The van der Waals surface area contributed by atoms with Crippen LogP contribution in [0.5, 0.6) is 11.5 Å². The molecule has 16 heteroatoms. The van der Waals surface area contributed by atoms with E-state index in [1.807, 2.05) is 24.3 Å². The zero-order chi connectivity index (χ0) is 43.4. The van der Waals surface area contributed by atoms with Gasteiger partial charge in [-0.05, 0) is 36.8 Å². The molecule has 0 radical (unpaired) electrons. The first-order chi connectivity index (χ1) is 30.2. The lowest BCUT2D eigenvalue weighted by Gasteiger charge is -2.27. The Balaban J connectivity index is 0.857. The second-order valence-electron chi connectivity index (χ2n) is 14.3. The van der Waals surface area contributed by atoms with Crippen molar-refractivity contribution >= 4 is 40.9 Å². The van der Waals surface area contributed by atoms with Gasteiger partial charge in [0.05, 0.1) is 48.1 Å². The molecule has 2 aliphatic heterocycles. The fraction of sp³-hybridized carbons (Fsp3) is 0.261. The number of benzene rings is 4. The van der Waals surface area contributed by atoms with Crippen LogP contribution in [-0.2, 0) is 38.8 Å². The number of pyridine rings is 1. The lowest BCUT2D eigenvalue weighted by atomic mass is 10.0. The molecule has 0 aliphatic carbocycles. The molecule has 1 fully saturated rings. The predicted octanol–water partition coefficient (Wildman–Crippen LogP) is 6.21. The quantitative estimate of drug-likeness (QED) is 0.0596. The molecule has 5 aromatic rings. The number of carbonyl (C=O) groups is 4. The van der Waals surface area contributed by atoms with Gasteiger partial charge in [-0.15, -0.1) is 0 Å². The number of aromatic nitrogens is 1. The number of rotatable bonds is 20. The van der Waals surface area contributed by atoms with Gasteiger partial charge in [-0.3, -0.25) is 34.4 Å². The van der Waals surface area contributed by atoms with Crippen LogP contribution < -0.4 is 25.4 Å². The van der Waals surface area contributed by atoms with Crippen molar-refractivity contribution in [2.24, 2.45) is 0 Å². The molecule has 0 saturated carbocycles. The van der Waals surface area contributed by atoms with Gasteiger partial charge in [0.25, 0.3) is 11.8 Å². The van der Waals surface area contributed by atoms with E-state index in [4.69, 9.17) is 30.5 Å². The molecule has 0 spiro atoms. The molecule has 3 N–H and O–H groups in total. The Hall–Kier alpha value is -6.70. The van der Waals surface area contributed by atoms with Crippen molar-refractivity contribution in [3.63, 3.8) is 0 Å². The molecule has 4 amide bonds. The van der Waals surface area contributed by atoms with Crippen molar-refractivity contribution in [1.82, 2.24) is 20.5 Å². The lowest BCUT2D eigenvalue weighted by Crippen LogP contribution is -2.54. The monoisotopic (exact) mass is 860 g/mol. The van der Waals surface area contributed by atoms with Gasteiger partial charge >= 0.3 is 0 Å². The summed E-state index contributed by atoms with van der Waals surface area (Å²) in [7, 11) is 0. The summed E-state index contributed by atoms with van der Waals surface area (Å²) in [5, 5.41) is 18.4. The van der Waals surface area contributed by atoms with E-state index in [9.17, 15) is 28.8 Å². The van der Waals surface area contributed by atoms with E-state index < -0.39 is 29.7 Å². The average molecular weight is 861 g/mol. The molecule has 1 saturated heterocycles. The van der Waals surface area contributed by atoms with Gasteiger partial charge in [0.1, 0.15) is 42.6 Å². The van der Waals surface area contributed by atoms with E-state index in [0.29, 0.717) is 90.5 Å². The highest BCUT2D eigenvalue weighted by Crippen LogP contribution is 2.35. The Morgan fingerprint density at radius 3 is 2.40 bits per heavy atom. The van der Waals surface area contributed by atoms with Crippen molar-refractivity contribution in [3.05, 3.63) is 142 Å². The first-order valence-electron chi connectivity index (χ1n) is 19.9. The van der Waals surface area contributed by atoms with Gasteiger partial charge in [-0.2, -0.15) is 5.26 Å². The number of nitriles is 1. The minimum Gasteiger partial charge on any atom is -0.489 e. The second-order valence-corrected chi connectivity index (χ2v) is 14.7. The Morgan fingerprint density at radius 2 is 1.60 bits per heavy atom. The zero-order valence-corrected chi connectivity index (χ0v) is 34.2. The topological polar surface area (TPSA) is 181 Å². The van der Waals surface area contributed by atoms with Gasteiger partial charge in [0.15, 0.2) is 0 Å².